The number of piperidine rings is 1. The Bertz CT molecular complexity index is 395. The first-order valence-corrected chi connectivity index (χ1v) is 7.77. The normalized spacial score (nSPS) is 25.8. The first-order chi connectivity index (χ1) is 9.31. The molecule has 1 aromatic rings. The van der Waals surface area contributed by atoms with E-state index in [4.69, 9.17) is 0 Å². The number of likely N-dealkylation sites (tertiary alicyclic amines) is 1. The van der Waals surface area contributed by atoms with Crippen molar-refractivity contribution in [3.8, 4) is 0 Å². The molecule has 0 amide bonds. The van der Waals surface area contributed by atoms with Gasteiger partial charge in [0.1, 0.15) is 0 Å². The van der Waals surface area contributed by atoms with Crippen LogP contribution in [0.25, 0.3) is 0 Å². The lowest BCUT2D eigenvalue weighted by Crippen LogP contribution is -2.34. The zero-order chi connectivity index (χ0) is 13.1. The van der Waals surface area contributed by atoms with Gasteiger partial charge in [0.05, 0.1) is 0 Å². The van der Waals surface area contributed by atoms with E-state index in [1.54, 1.807) is 0 Å². The predicted octanol–water partition coefficient (Wildman–Crippen LogP) is 2.58. The molecule has 4 nitrogen and oxygen atoms in total. The van der Waals surface area contributed by atoms with Crippen molar-refractivity contribution in [2.75, 3.05) is 25.5 Å². The van der Waals surface area contributed by atoms with Gasteiger partial charge in [-0.1, -0.05) is 12.8 Å². The van der Waals surface area contributed by atoms with Gasteiger partial charge in [-0.05, 0) is 45.2 Å². The van der Waals surface area contributed by atoms with Gasteiger partial charge in [-0.25, -0.2) is 4.98 Å². The second-order valence-electron chi connectivity index (χ2n) is 6.30. The van der Waals surface area contributed by atoms with Gasteiger partial charge in [0.15, 0.2) is 0 Å². The number of nitrogens with one attached hydrogen (secondary N) is 1. The molecule has 2 fully saturated rings. The average molecular weight is 262 g/mol. The maximum Gasteiger partial charge on any atom is 0.202 e. The molecule has 0 aromatic carbocycles. The number of nitrogens with zero attached hydrogens (tertiary/aromatic N) is 3. The van der Waals surface area contributed by atoms with Crippen molar-refractivity contribution in [1.29, 1.82) is 0 Å². The molecular weight excluding hydrogens is 236 g/mol. The number of rotatable bonds is 4. The van der Waals surface area contributed by atoms with Crippen LogP contribution in [0.5, 0.6) is 0 Å². The van der Waals surface area contributed by atoms with Gasteiger partial charge in [0, 0.05) is 31.5 Å². The Balaban J connectivity index is 1.59. The van der Waals surface area contributed by atoms with E-state index < -0.39 is 0 Å². The van der Waals surface area contributed by atoms with Crippen molar-refractivity contribution in [3.63, 3.8) is 0 Å². The van der Waals surface area contributed by atoms with Crippen molar-refractivity contribution in [1.82, 2.24) is 14.5 Å². The molecule has 106 valence electrons. The third kappa shape index (κ3) is 3.30. The van der Waals surface area contributed by atoms with Crippen LogP contribution in [-0.4, -0.2) is 40.6 Å². The molecule has 2 heterocycles. The summed E-state index contributed by atoms with van der Waals surface area (Å²) in [7, 11) is 2.23. The highest BCUT2D eigenvalue weighted by Crippen LogP contribution is 2.23. The van der Waals surface area contributed by atoms with Crippen LogP contribution < -0.4 is 5.32 Å². The lowest BCUT2D eigenvalue weighted by Gasteiger charge is -2.30. The van der Waals surface area contributed by atoms with E-state index in [1.165, 1.54) is 51.6 Å². The third-order valence-corrected chi connectivity index (χ3v) is 4.58. The van der Waals surface area contributed by atoms with E-state index in [1.807, 2.05) is 6.20 Å². The summed E-state index contributed by atoms with van der Waals surface area (Å²) in [4.78, 5) is 6.96. The first-order valence-electron chi connectivity index (χ1n) is 7.77. The van der Waals surface area contributed by atoms with Crippen LogP contribution in [0.4, 0.5) is 5.95 Å². The molecule has 0 spiro atoms. The fourth-order valence-electron chi connectivity index (χ4n) is 3.55. The lowest BCUT2D eigenvalue weighted by atomic mass is 9.98. The molecule has 0 bridgehead atoms. The van der Waals surface area contributed by atoms with Gasteiger partial charge in [-0.3, -0.25) is 0 Å². The SMILES string of the molecule is CN1CCCC(Cn2ccnc2NC2CCCC2)C1. The molecule has 1 saturated carbocycles. The Hall–Kier alpha value is -1.03. The van der Waals surface area contributed by atoms with E-state index in [0.29, 0.717) is 6.04 Å². The van der Waals surface area contributed by atoms with E-state index in [2.05, 4.69) is 33.0 Å². The maximum absolute atomic E-state index is 4.50. The fourth-order valence-corrected chi connectivity index (χ4v) is 3.55. The van der Waals surface area contributed by atoms with Crippen molar-refractivity contribution < 1.29 is 0 Å². The predicted molar refractivity (Wildman–Crippen MR) is 78.3 cm³/mol. The Morgan fingerprint density at radius 3 is 2.89 bits per heavy atom. The minimum absolute atomic E-state index is 0.648. The highest BCUT2D eigenvalue weighted by Gasteiger charge is 2.20. The van der Waals surface area contributed by atoms with E-state index in [9.17, 15) is 0 Å². The smallest absolute Gasteiger partial charge is 0.202 e. The standard InChI is InChI=1S/C15H26N4/c1-18-9-4-5-13(11-18)12-19-10-8-16-15(19)17-14-6-2-3-7-14/h8,10,13-14H,2-7,9,11-12H2,1H3,(H,16,17). The molecule has 1 atom stereocenters. The Kier molecular flexibility index (Phi) is 4.06. The lowest BCUT2D eigenvalue weighted by molar-refractivity contribution is 0.195. The molecule has 1 saturated heterocycles. The summed E-state index contributed by atoms with van der Waals surface area (Å²) in [6, 6.07) is 0.648. The van der Waals surface area contributed by atoms with Crippen LogP contribution in [0.3, 0.4) is 0 Å². The largest absolute Gasteiger partial charge is 0.353 e. The summed E-state index contributed by atoms with van der Waals surface area (Å²) >= 11 is 0. The van der Waals surface area contributed by atoms with Crippen LogP contribution in [0, 0.1) is 5.92 Å². The third-order valence-electron chi connectivity index (χ3n) is 4.58. The summed E-state index contributed by atoms with van der Waals surface area (Å²) in [5.74, 6) is 1.86. The van der Waals surface area contributed by atoms with Crippen LogP contribution in [0.1, 0.15) is 38.5 Å². The summed E-state index contributed by atoms with van der Waals surface area (Å²) in [6.45, 7) is 3.59. The second kappa shape index (κ2) is 5.95. The molecule has 3 rings (SSSR count). The molecule has 1 aliphatic heterocycles. The number of hydrogen-bond acceptors (Lipinski definition) is 3. The van der Waals surface area contributed by atoms with E-state index in [0.717, 1.165) is 18.4 Å². The van der Waals surface area contributed by atoms with Gasteiger partial charge in [-0.2, -0.15) is 0 Å². The number of anilines is 1. The van der Waals surface area contributed by atoms with Crippen LogP contribution >= 0.6 is 0 Å². The number of imidazole rings is 1. The number of aromatic nitrogens is 2. The van der Waals surface area contributed by atoms with Gasteiger partial charge in [0.2, 0.25) is 5.95 Å². The summed E-state index contributed by atoms with van der Waals surface area (Å²) < 4.78 is 2.32. The Morgan fingerprint density at radius 2 is 2.11 bits per heavy atom. The molecular formula is C15H26N4. The molecule has 0 radical (unpaired) electrons. The highest BCUT2D eigenvalue weighted by molar-refractivity contribution is 5.28. The minimum Gasteiger partial charge on any atom is -0.353 e. The van der Waals surface area contributed by atoms with Gasteiger partial charge < -0.3 is 14.8 Å². The van der Waals surface area contributed by atoms with Crippen molar-refractivity contribution in [2.24, 2.45) is 5.92 Å². The molecule has 19 heavy (non-hydrogen) atoms. The van der Waals surface area contributed by atoms with Gasteiger partial charge in [0.25, 0.3) is 0 Å². The quantitative estimate of drug-likeness (QED) is 0.905. The topological polar surface area (TPSA) is 33.1 Å². The van der Waals surface area contributed by atoms with Crippen molar-refractivity contribution in [3.05, 3.63) is 12.4 Å². The van der Waals surface area contributed by atoms with Crippen molar-refractivity contribution in [2.45, 2.75) is 51.1 Å². The summed E-state index contributed by atoms with van der Waals surface area (Å²) in [6.07, 6.45) is 12.1. The zero-order valence-electron chi connectivity index (χ0n) is 12.0. The van der Waals surface area contributed by atoms with E-state index in [-0.39, 0.29) is 0 Å². The monoisotopic (exact) mass is 262 g/mol. The average Bonchev–Trinajstić information content (AvgIpc) is 3.03. The molecule has 1 aromatic heterocycles. The summed E-state index contributed by atoms with van der Waals surface area (Å²) in [5.41, 5.74) is 0. The van der Waals surface area contributed by atoms with Gasteiger partial charge >= 0.3 is 0 Å². The Labute approximate surface area is 116 Å². The molecule has 1 unspecified atom stereocenters. The highest BCUT2D eigenvalue weighted by atomic mass is 15.2. The minimum atomic E-state index is 0.648. The second-order valence-corrected chi connectivity index (χ2v) is 6.30. The number of hydrogen-bond donors (Lipinski definition) is 1. The molecule has 1 aliphatic carbocycles. The first kappa shape index (κ1) is 13.0. The van der Waals surface area contributed by atoms with Gasteiger partial charge in [-0.15, -0.1) is 0 Å². The van der Waals surface area contributed by atoms with E-state index >= 15 is 0 Å². The Morgan fingerprint density at radius 1 is 1.26 bits per heavy atom. The molecule has 2 aliphatic rings. The van der Waals surface area contributed by atoms with Crippen LogP contribution in [0.15, 0.2) is 12.4 Å². The molecule has 1 N–H and O–H groups in total. The van der Waals surface area contributed by atoms with Crippen molar-refractivity contribution >= 4 is 5.95 Å². The zero-order valence-corrected chi connectivity index (χ0v) is 12.0. The maximum atomic E-state index is 4.50. The fraction of sp³-hybridized carbons (Fsp3) is 0.800. The summed E-state index contributed by atoms with van der Waals surface area (Å²) in [5, 5.41) is 3.63. The van der Waals surface area contributed by atoms with Crippen LogP contribution in [-0.2, 0) is 6.54 Å². The van der Waals surface area contributed by atoms with Crippen LogP contribution in [0.2, 0.25) is 0 Å². The molecule has 4 heteroatoms.